The molecule has 1 nitrogen and oxygen atoms in total. The van der Waals surface area contributed by atoms with Crippen LogP contribution < -0.4 is 10.4 Å². The Morgan fingerprint density at radius 2 is 1.26 bits per heavy atom. The zero-order chi connectivity index (χ0) is 20.1. The first kappa shape index (κ1) is 22.1. The molecule has 0 aliphatic heterocycles. The van der Waals surface area contributed by atoms with E-state index in [0.29, 0.717) is 6.10 Å². The second-order valence-corrected chi connectivity index (χ2v) is 19.8. The Kier molecular flexibility index (Phi) is 7.29. The minimum atomic E-state index is -2.41. The van der Waals surface area contributed by atoms with Gasteiger partial charge in [-0.1, -0.05) is 114 Å². The number of benzene rings is 2. The van der Waals surface area contributed by atoms with E-state index in [0.717, 1.165) is 6.42 Å². The van der Waals surface area contributed by atoms with E-state index in [1.807, 2.05) is 0 Å². The lowest BCUT2D eigenvalue weighted by atomic mass is 10.2. The Labute approximate surface area is 169 Å². The maximum absolute atomic E-state index is 7.28. The van der Waals surface area contributed by atoms with Crippen LogP contribution in [0, 0.1) is 0 Å². The van der Waals surface area contributed by atoms with Crippen molar-refractivity contribution in [2.45, 2.75) is 77.4 Å². The molecule has 0 bridgehead atoms. The van der Waals surface area contributed by atoms with Gasteiger partial charge in [0, 0.05) is 14.2 Å². The molecule has 148 valence electrons. The molecule has 0 amide bonds. The standard InChI is InChI=1S/C24H38OSi2/c1-8-21(19-20-26(5,6)7)25-27(24(2,3)4,22-15-11-9-12-16-22)23-17-13-10-14-18-23/h9-18,21H,8,19-20H2,1-7H3. The summed E-state index contributed by atoms with van der Waals surface area (Å²) in [6, 6.07) is 23.4. The van der Waals surface area contributed by atoms with Crippen molar-refractivity contribution in [2.24, 2.45) is 0 Å². The van der Waals surface area contributed by atoms with Crippen LogP contribution in [0.2, 0.25) is 30.7 Å². The number of hydrogen-bond donors (Lipinski definition) is 0. The van der Waals surface area contributed by atoms with Gasteiger partial charge in [-0.25, -0.2) is 0 Å². The van der Waals surface area contributed by atoms with Crippen LogP contribution in [0.1, 0.15) is 40.5 Å². The Morgan fingerprint density at radius 1 is 0.815 bits per heavy atom. The van der Waals surface area contributed by atoms with Crippen molar-refractivity contribution in [3.8, 4) is 0 Å². The topological polar surface area (TPSA) is 9.23 Å². The molecule has 0 heterocycles. The highest BCUT2D eigenvalue weighted by Gasteiger charge is 2.51. The van der Waals surface area contributed by atoms with Gasteiger partial charge in [0.25, 0.3) is 8.32 Å². The summed E-state index contributed by atoms with van der Waals surface area (Å²) >= 11 is 0. The van der Waals surface area contributed by atoms with Crippen LogP contribution >= 0.6 is 0 Å². The smallest absolute Gasteiger partial charge is 0.261 e. The first-order valence-corrected chi connectivity index (χ1v) is 16.0. The molecule has 0 saturated heterocycles. The van der Waals surface area contributed by atoms with E-state index < -0.39 is 16.4 Å². The average Bonchev–Trinajstić information content (AvgIpc) is 2.62. The molecule has 0 aromatic heterocycles. The maximum atomic E-state index is 7.28. The summed E-state index contributed by atoms with van der Waals surface area (Å²) in [5.74, 6) is 0. The fourth-order valence-electron chi connectivity index (χ4n) is 3.88. The molecule has 3 heteroatoms. The maximum Gasteiger partial charge on any atom is 0.261 e. The molecule has 27 heavy (non-hydrogen) atoms. The summed E-state index contributed by atoms with van der Waals surface area (Å²) in [6.45, 7) is 16.8. The Bertz CT molecular complexity index is 644. The third-order valence-electron chi connectivity index (χ3n) is 5.43. The fraction of sp³-hybridized carbons (Fsp3) is 0.500. The summed E-state index contributed by atoms with van der Waals surface area (Å²) < 4.78 is 7.28. The molecule has 0 N–H and O–H groups in total. The lowest BCUT2D eigenvalue weighted by molar-refractivity contribution is 0.178. The van der Waals surface area contributed by atoms with Crippen molar-refractivity contribution in [3.05, 3.63) is 60.7 Å². The average molecular weight is 399 g/mol. The number of rotatable bonds is 8. The van der Waals surface area contributed by atoms with E-state index in [1.54, 1.807) is 0 Å². The molecular weight excluding hydrogens is 360 g/mol. The molecule has 0 saturated carbocycles. The molecule has 0 aliphatic rings. The van der Waals surface area contributed by atoms with E-state index in [1.165, 1.54) is 22.8 Å². The van der Waals surface area contributed by atoms with Crippen molar-refractivity contribution in [1.29, 1.82) is 0 Å². The predicted octanol–water partition coefficient (Wildman–Crippen LogP) is 6.07. The molecule has 2 aromatic rings. The SMILES string of the molecule is CCC(CC[Si](C)(C)C)O[Si](c1ccccc1)(c1ccccc1)C(C)(C)C. The van der Waals surface area contributed by atoms with Gasteiger partial charge in [0.1, 0.15) is 0 Å². The first-order chi connectivity index (χ1) is 12.6. The first-order valence-electron chi connectivity index (χ1n) is 10.4. The lowest BCUT2D eigenvalue weighted by Gasteiger charge is -2.45. The lowest BCUT2D eigenvalue weighted by Crippen LogP contribution is -2.67. The molecule has 2 rings (SSSR count). The second kappa shape index (κ2) is 8.89. The summed E-state index contributed by atoms with van der Waals surface area (Å²) in [7, 11) is -3.49. The molecular formula is C24H38OSi2. The highest BCUT2D eigenvalue weighted by molar-refractivity contribution is 6.99. The van der Waals surface area contributed by atoms with Crippen LogP contribution in [0.3, 0.4) is 0 Å². The summed E-state index contributed by atoms with van der Waals surface area (Å²) in [5.41, 5.74) is 0. The molecule has 2 aromatic carbocycles. The molecule has 1 unspecified atom stereocenters. The van der Waals surface area contributed by atoms with E-state index in [-0.39, 0.29) is 5.04 Å². The third-order valence-corrected chi connectivity index (χ3v) is 12.3. The molecule has 0 spiro atoms. The minimum absolute atomic E-state index is 0.0578. The Balaban J connectivity index is 2.55. The van der Waals surface area contributed by atoms with E-state index in [9.17, 15) is 0 Å². The van der Waals surface area contributed by atoms with Gasteiger partial charge in [0.05, 0.1) is 0 Å². The van der Waals surface area contributed by atoms with Crippen molar-refractivity contribution in [1.82, 2.24) is 0 Å². The van der Waals surface area contributed by atoms with Crippen LogP contribution in [0.4, 0.5) is 0 Å². The quantitative estimate of drug-likeness (QED) is 0.490. The van der Waals surface area contributed by atoms with Crippen molar-refractivity contribution in [2.75, 3.05) is 0 Å². The van der Waals surface area contributed by atoms with Gasteiger partial charge >= 0.3 is 0 Å². The van der Waals surface area contributed by atoms with Crippen LogP contribution in [0.25, 0.3) is 0 Å². The zero-order valence-corrected chi connectivity index (χ0v) is 20.4. The summed E-state index contributed by atoms with van der Waals surface area (Å²) in [4.78, 5) is 0. The normalized spacial score (nSPS) is 14.2. The zero-order valence-electron chi connectivity index (χ0n) is 18.4. The number of hydrogen-bond acceptors (Lipinski definition) is 1. The molecule has 0 radical (unpaired) electrons. The van der Waals surface area contributed by atoms with Gasteiger partial charge in [-0.15, -0.1) is 0 Å². The van der Waals surface area contributed by atoms with Crippen LogP contribution in [0.15, 0.2) is 60.7 Å². The van der Waals surface area contributed by atoms with Gasteiger partial charge in [-0.05, 0) is 28.3 Å². The van der Waals surface area contributed by atoms with E-state index in [4.69, 9.17) is 4.43 Å². The van der Waals surface area contributed by atoms with Crippen molar-refractivity contribution < 1.29 is 4.43 Å². The van der Waals surface area contributed by atoms with Crippen LogP contribution in [-0.4, -0.2) is 22.5 Å². The summed E-state index contributed by atoms with van der Waals surface area (Å²) in [6.07, 6.45) is 2.58. The van der Waals surface area contributed by atoms with Crippen molar-refractivity contribution in [3.63, 3.8) is 0 Å². The Morgan fingerprint density at radius 3 is 1.59 bits per heavy atom. The van der Waals surface area contributed by atoms with Gasteiger partial charge in [-0.3, -0.25) is 0 Å². The Hall–Kier alpha value is -1.17. The minimum Gasteiger partial charge on any atom is -0.404 e. The van der Waals surface area contributed by atoms with Crippen molar-refractivity contribution >= 4 is 26.8 Å². The monoisotopic (exact) mass is 398 g/mol. The van der Waals surface area contributed by atoms with Gasteiger partial charge < -0.3 is 4.43 Å². The highest BCUT2D eigenvalue weighted by atomic mass is 28.4. The largest absolute Gasteiger partial charge is 0.404 e. The third kappa shape index (κ3) is 5.43. The molecule has 0 fully saturated rings. The second-order valence-electron chi connectivity index (χ2n) is 9.91. The predicted molar refractivity (Wildman–Crippen MR) is 126 cm³/mol. The molecule has 1 atom stereocenters. The van der Waals surface area contributed by atoms with Crippen LogP contribution in [-0.2, 0) is 4.43 Å². The fourth-order valence-corrected chi connectivity index (χ4v) is 9.87. The van der Waals surface area contributed by atoms with E-state index in [2.05, 4.69) is 108 Å². The highest BCUT2D eigenvalue weighted by Crippen LogP contribution is 2.38. The van der Waals surface area contributed by atoms with Gasteiger partial charge in [-0.2, -0.15) is 0 Å². The van der Waals surface area contributed by atoms with E-state index >= 15 is 0 Å². The summed E-state index contributed by atoms with van der Waals surface area (Å²) in [5, 5.41) is 2.83. The van der Waals surface area contributed by atoms with Gasteiger partial charge in [0.15, 0.2) is 0 Å². The molecule has 0 aliphatic carbocycles. The van der Waals surface area contributed by atoms with Gasteiger partial charge in [0.2, 0.25) is 0 Å². The van der Waals surface area contributed by atoms with Crippen LogP contribution in [0.5, 0.6) is 0 Å².